The van der Waals surface area contributed by atoms with E-state index in [0.29, 0.717) is 13.0 Å². The van der Waals surface area contributed by atoms with Crippen LogP contribution < -0.4 is 15.0 Å². The van der Waals surface area contributed by atoms with E-state index >= 15 is 0 Å². The van der Waals surface area contributed by atoms with Gasteiger partial charge in [0.2, 0.25) is 5.91 Å². The van der Waals surface area contributed by atoms with Gasteiger partial charge in [-0.05, 0) is 38.5 Å². The van der Waals surface area contributed by atoms with Crippen molar-refractivity contribution in [3.63, 3.8) is 0 Å². The van der Waals surface area contributed by atoms with Crippen LogP contribution >= 0.6 is 0 Å². The zero-order valence-electron chi connectivity index (χ0n) is 12.1. The largest absolute Gasteiger partial charge is 0.495 e. The van der Waals surface area contributed by atoms with Crippen molar-refractivity contribution in [1.29, 1.82) is 0 Å². The molecule has 104 valence electrons. The fraction of sp³-hybridized carbons (Fsp3) is 0.533. The van der Waals surface area contributed by atoms with Gasteiger partial charge in [0.25, 0.3) is 0 Å². The molecular weight excluding hydrogens is 240 g/mol. The normalized spacial score (nSPS) is 19.2. The van der Waals surface area contributed by atoms with Crippen molar-refractivity contribution >= 4 is 11.6 Å². The number of ether oxygens (including phenoxy) is 1. The van der Waals surface area contributed by atoms with E-state index in [1.54, 1.807) is 7.11 Å². The lowest BCUT2D eigenvalue weighted by Gasteiger charge is -2.31. The molecule has 0 aromatic heterocycles. The van der Waals surface area contributed by atoms with Crippen LogP contribution in [0.5, 0.6) is 5.75 Å². The highest BCUT2D eigenvalue weighted by Gasteiger charge is 2.30. The molecule has 1 aliphatic rings. The van der Waals surface area contributed by atoms with Gasteiger partial charge in [0.1, 0.15) is 5.75 Å². The van der Waals surface area contributed by atoms with Crippen LogP contribution in [0.15, 0.2) is 18.2 Å². The van der Waals surface area contributed by atoms with Gasteiger partial charge in [0.15, 0.2) is 0 Å². The fourth-order valence-corrected chi connectivity index (χ4v) is 2.41. The van der Waals surface area contributed by atoms with Gasteiger partial charge in [-0.1, -0.05) is 6.07 Å². The Morgan fingerprint density at radius 1 is 1.37 bits per heavy atom. The van der Waals surface area contributed by atoms with Crippen molar-refractivity contribution < 1.29 is 9.53 Å². The third-order valence-electron chi connectivity index (χ3n) is 3.42. The minimum absolute atomic E-state index is 0.0963. The molecule has 19 heavy (non-hydrogen) atoms. The third kappa shape index (κ3) is 3.07. The molecule has 1 aromatic carbocycles. The Morgan fingerprint density at radius 2 is 2.11 bits per heavy atom. The average molecular weight is 262 g/mol. The second-order valence-electron chi connectivity index (χ2n) is 5.72. The Labute approximate surface area is 114 Å². The minimum atomic E-state index is -0.0963. The molecular formula is C15H22N2O2. The van der Waals surface area contributed by atoms with Gasteiger partial charge >= 0.3 is 0 Å². The summed E-state index contributed by atoms with van der Waals surface area (Å²) in [5, 5.41) is 3.40. The summed E-state index contributed by atoms with van der Waals surface area (Å²) in [5.74, 6) is 0.888. The molecule has 4 heteroatoms. The molecule has 1 fully saturated rings. The van der Waals surface area contributed by atoms with Crippen molar-refractivity contribution in [1.82, 2.24) is 5.32 Å². The van der Waals surface area contributed by atoms with Crippen molar-refractivity contribution in [3.05, 3.63) is 23.8 Å². The SMILES string of the molecule is COc1ccc(C)cc1N1CC(C)(C)NCCC1=O. The fourth-order valence-electron chi connectivity index (χ4n) is 2.41. The number of nitrogens with zero attached hydrogens (tertiary/aromatic N) is 1. The summed E-state index contributed by atoms with van der Waals surface area (Å²) < 4.78 is 5.40. The van der Waals surface area contributed by atoms with Crippen LogP contribution in [0.25, 0.3) is 0 Å². The summed E-state index contributed by atoms with van der Waals surface area (Å²) in [6.07, 6.45) is 0.514. The van der Waals surface area contributed by atoms with E-state index in [0.717, 1.165) is 23.5 Å². The molecule has 0 bridgehead atoms. The van der Waals surface area contributed by atoms with Crippen LogP contribution in [0.3, 0.4) is 0 Å². The Kier molecular flexibility index (Phi) is 3.80. The predicted molar refractivity (Wildman–Crippen MR) is 76.8 cm³/mol. The number of carbonyl (C=O) groups excluding carboxylic acids is 1. The summed E-state index contributed by atoms with van der Waals surface area (Å²) in [7, 11) is 1.64. The average Bonchev–Trinajstić information content (AvgIpc) is 2.48. The number of aryl methyl sites for hydroxylation is 1. The molecule has 2 rings (SSSR count). The third-order valence-corrected chi connectivity index (χ3v) is 3.42. The van der Waals surface area contributed by atoms with Crippen LogP contribution in [0.2, 0.25) is 0 Å². The number of hydrogen-bond donors (Lipinski definition) is 1. The molecule has 1 N–H and O–H groups in total. The molecule has 1 aliphatic heterocycles. The Balaban J connectivity index is 2.42. The maximum Gasteiger partial charge on any atom is 0.228 e. The van der Waals surface area contributed by atoms with E-state index in [-0.39, 0.29) is 11.4 Å². The zero-order chi connectivity index (χ0) is 14.0. The number of benzene rings is 1. The molecule has 0 atom stereocenters. The lowest BCUT2D eigenvalue weighted by atomic mass is 10.0. The zero-order valence-corrected chi connectivity index (χ0v) is 12.1. The van der Waals surface area contributed by atoms with Crippen LogP contribution in [0.1, 0.15) is 25.8 Å². The lowest BCUT2D eigenvalue weighted by Crippen LogP contribution is -2.47. The quantitative estimate of drug-likeness (QED) is 0.887. The van der Waals surface area contributed by atoms with Gasteiger partial charge in [0, 0.05) is 25.0 Å². The standard InChI is InChI=1S/C15H22N2O2/c1-11-5-6-13(19-4)12(9-11)17-10-15(2,3)16-8-7-14(17)18/h5-6,9,16H,7-8,10H2,1-4H3. The van der Waals surface area contributed by atoms with Gasteiger partial charge in [-0.15, -0.1) is 0 Å². The van der Waals surface area contributed by atoms with E-state index in [1.807, 2.05) is 30.0 Å². The molecule has 0 unspecified atom stereocenters. The maximum absolute atomic E-state index is 12.3. The first-order chi connectivity index (χ1) is 8.93. The van der Waals surface area contributed by atoms with E-state index in [4.69, 9.17) is 4.74 Å². The van der Waals surface area contributed by atoms with Crippen LogP contribution in [-0.2, 0) is 4.79 Å². The molecule has 0 spiro atoms. The number of carbonyl (C=O) groups is 1. The second-order valence-corrected chi connectivity index (χ2v) is 5.72. The van der Waals surface area contributed by atoms with E-state index in [1.165, 1.54) is 0 Å². The first-order valence-electron chi connectivity index (χ1n) is 6.63. The number of nitrogens with one attached hydrogen (secondary N) is 1. The summed E-state index contributed by atoms with van der Waals surface area (Å²) in [5.41, 5.74) is 1.89. The summed E-state index contributed by atoms with van der Waals surface area (Å²) in [6.45, 7) is 7.61. The number of hydrogen-bond acceptors (Lipinski definition) is 3. The van der Waals surface area contributed by atoms with Crippen molar-refractivity contribution in [2.75, 3.05) is 25.1 Å². The first kappa shape index (κ1) is 13.9. The molecule has 0 aliphatic carbocycles. The number of amides is 1. The molecule has 1 heterocycles. The molecule has 4 nitrogen and oxygen atoms in total. The van der Waals surface area contributed by atoms with Crippen LogP contribution in [-0.4, -0.2) is 31.6 Å². The van der Waals surface area contributed by atoms with Crippen LogP contribution in [0, 0.1) is 6.92 Å². The first-order valence-corrected chi connectivity index (χ1v) is 6.63. The number of rotatable bonds is 2. The van der Waals surface area contributed by atoms with Crippen molar-refractivity contribution in [3.8, 4) is 5.75 Å². The Hall–Kier alpha value is -1.55. The second kappa shape index (κ2) is 5.21. The summed E-state index contributed by atoms with van der Waals surface area (Å²) in [6, 6.07) is 5.93. The Morgan fingerprint density at radius 3 is 2.79 bits per heavy atom. The monoisotopic (exact) mass is 262 g/mol. The molecule has 1 aromatic rings. The van der Waals surface area contributed by atoms with Gasteiger partial charge < -0.3 is 15.0 Å². The Bertz CT molecular complexity index is 483. The molecule has 0 saturated carbocycles. The highest BCUT2D eigenvalue weighted by molar-refractivity contribution is 5.95. The van der Waals surface area contributed by atoms with Gasteiger partial charge in [0.05, 0.1) is 12.8 Å². The summed E-state index contributed by atoms with van der Waals surface area (Å²) >= 11 is 0. The summed E-state index contributed by atoms with van der Waals surface area (Å²) in [4.78, 5) is 14.2. The molecule has 1 saturated heterocycles. The highest BCUT2D eigenvalue weighted by Crippen LogP contribution is 2.31. The van der Waals surface area contributed by atoms with Crippen molar-refractivity contribution in [2.24, 2.45) is 0 Å². The topological polar surface area (TPSA) is 41.6 Å². The van der Waals surface area contributed by atoms with E-state index in [9.17, 15) is 4.79 Å². The highest BCUT2D eigenvalue weighted by atomic mass is 16.5. The van der Waals surface area contributed by atoms with Gasteiger partial charge in [-0.2, -0.15) is 0 Å². The molecule has 0 radical (unpaired) electrons. The minimum Gasteiger partial charge on any atom is -0.495 e. The maximum atomic E-state index is 12.3. The van der Waals surface area contributed by atoms with Gasteiger partial charge in [-0.3, -0.25) is 4.79 Å². The lowest BCUT2D eigenvalue weighted by molar-refractivity contribution is -0.118. The number of anilines is 1. The molecule has 1 amide bonds. The van der Waals surface area contributed by atoms with Crippen molar-refractivity contribution in [2.45, 2.75) is 32.7 Å². The predicted octanol–water partition coefficient (Wildman–Crippen LogP) is 2.11. The van der Waals surface area contributed by atoms with Crippen LogP contribution in [0.4, 0.5) is 5.69 Å². The smallest absolute Gasteiger partial charge is 0.228 e. The van der Waals surface area contributed by atoms with E-state index in [2.05, 4.69) is 19.2 Å². The van der Waals surface area contributed by atoms with E-state index < -0.39 is 0 Å². The van der Waals surface area contributed by atoms with Gasteiger partial charge in [-0.25, -0.2) is 0 Å². The number of methoxy groups -OCH3 is 1.